The summed E-state index contributed by atoms with van der Waals surface area (Å²) >= 11 is 0. The molecule has 0 aliphatic carbocycles. The standard InChI is InChI=1S/C21H30N8O4S/c1-7-33-11-10-29-18-16(17(26-29)20(30)27-34(6,31)32)24-21(28(5)13(2)3)25-19(18)23-15-12-14(4)8-9-22-15/h8-9,12-13H,7,10-11H2,1-6H3,(H,27,30)(H,22,23,24,25). The first-order valence-corrected chi connectivity index (χ1v) is 12.7. The lowest BCUT2D eigenvalue weighted by Gasteiger charge is -2.22. The van der Waals surface area contributed by atoms with Gasteiger partial charge in [0.05, 0.1) is 19.4 Å². The number of fused-ring (bicyclic) bond motifs is 1. The predicted molar refractivity (Wildman–Crippen MR) is 130 cm³/mol. The van der Waals surface area contributed by atoms with Crippen molar-refractivity contribution in [1.82, 2.24) is 29.5 Å². The van der Waals surface area contributed by atoms with Gasteiger partial charge in [-0.2, -0.15) is 10.1 Å². The molecule has 0 spiro atoms. The highest BCUT2D eigenvalue weighted by Gasteiger charge is 2.26. The van der Waals surface area contributed by atoms with Crippen LogP contribution in [0.1, 0.15) is 36.8 Å². The monoisotopic (exact) mass is 490 g/mol. The molecule has 0 fully saturated rings. The minimum Gasteiger partial charge on any atom is -0.380 e. The molecular weight excluding hydrogens is 460 g/mol. The van der Waals surface area contributed by atoms with Crippen LogP contribution < -0.4 is 14.9 Å². The Morgan fingerprint density at radius 3 is 2.65 bits per heavy atom. The summed E-state index contributed by atoms with van der Waals surface area (Å²) in [5.41, 5.74) is 1.52. The number of rotatable bonds is 10. The fourth-order valence-corrected chi connectivity index (χ4v) is 3.53. The van der Waals surface area contributed by atoms with E-state index >= 15 is 0 Å². The van der Waals surface area contributed by atoms with Crippen molar-refractivity contribution < 1.29 is 17.9 Å². The second kappa shape index (κ2) is 10.3. The van der Waals surface area contributed by atoms with Gasteiger partial charge in [-0.3, -0.25) is 9.48 Å². The minimum atomic E-state index is -3.81. The lowest BCUT2D eigenvalue weighted by atomic mass is 10.3. The van der Waals surface area contributed by atoms with E-state index in [9.17, 15) is 13.2 Å². The Hall–Kier alpha value is -3.32. The zero-order valence-electron chi connectivity index (χ0n) is 20.2. The molecule has 0 saturated heterocycles. The number of nitrogens with zero attached hydrogens (tertiary/aromatic N) is 6. The highest BCUT2D eigenvalue weighted by molar-refractivity contribution is 7.89. The van der Waals surface area contributed by atoms with Gasteiger partial charge in [0.1, 0.15) is 16.9 Å². The molecule has 12 nitrogen and oxygen atoms in total. The molecule has 3 aromatic rings. The van der Waals surface area contributed by atoms with Crippen LogP contribution in [-0.4, -0.2) is 71.6 Å². The molecular formula is C21H30N8O4S. The van der Waals surface area contributed by atoms with Crippen molar-refractivity contribution in [3.8, 4) is 0 Å². The molecule has 13 heteroatoms. The quantitative estimate of drug-likeness (QED) is 0.404. The summed E-state index contributed by atoms with van der Waals surface area (Å²) in [6.45, 7) is 8.92. The maximum Gasteiger partial charge on any atom is 0.287 e. The first kappa shape index (κ1) is 25.3. The lowest BCUT2D eigenvalue weighted by Crippen LogP contribution is -2.30. The van der Waals surface area contributed by atoms with Crippen LogP contribution in [-0.2, 0) is 21.3 Å². The summed E-state index contributed by atoms with van der Waals surface area (Å²) in [5, 5.41) is 7.60. The van der Waals surface area contributed by atoms with Gasteiger partial charge in [0.25, 0.3) is 5.91 Å². The highest BCUT2D eigenvalue weighted by Crippen LogP contribution is 2.29. The summed E-state index contributed by atoms with van der Waals surface area (Å²) in [6.07, 6.45) is 2.58. The molecule has 0 bridgehead atoms. The van der Waals surface area contributed by atoms with Gasteiger partial charge in [-0.05, 0) is 45.4 Å². The van der Waals surface area contributed by atoms with E-state index in [1.807, 2.05) is 56.5 Å². The van der Waals surface area contributed by atoms with Crippen LogP contribution in [0.3, 0.4) is 0 Å². The van der Waals surface area contributed by atoms with Gasteiger partial charge in [0.2, 0.25) is 16.0 Å². The second-order valence-corrected chi connectivity index (χ2v) is 9.84. The number of amides is 1. The van der Waals surface area contributed by atoms with Crippen molar-refractivity contribution in [3.63, 3.8) is 0 Å². The third-order valence-electron chi connectivity index (χ3n) is 4.97. The highest BCUT2D eigenvalue weighted by atomic mass is 32.2. The van der Waals surface area contributed by atoms with Crippen molar-refractivity contribution >= 4 is 44.5 Å². The number of aryl methyl sites for hydroxylation is 1. The molecule has 2 N–H and O–H groups in total. The van der Waals surface area contributed by atoms with Crippen LogP contribution in [0.2, 0.25) is 0 Å². The van der Waals surface area contributed by atoms with E-state index in [-0.39, 0.29) is 17.3 Å². The molecule has 0 unspecified atom stereocenters. The third kappa shape index (κ3) is 5.97. The van der Waals surface area contributed by atoms with Crippen LogP contribution in [0.15, 0.2) is 18.3 Å². The van der Waals surface area contributed by atoms with Crippen molar-refractivity contribution in [2.45, 2.75) is 40.3 Å². The van der Waals surface area contributed by atoms with Crippen LogP contribution >= 0.6 is 0 Å². The van der Waals surface area contributed by atoms with E-state index in [1.165, 1.54) is 0 Å². The van der Waals surface area contributed by atoms with E-state index in [2.05, 4.69) is 20.4 Å². The van der Waals surface area contributed by atoms with Gasteiger partial charge in [0, 0.05) is 25.9 Å². The third-order valence-corrected chi connectivity index (χ3v) is 5.53. The smallest absolute Gasteiger partial charge is 0.287 e. The summed E-state index contributed by atoms with van der Waals surface area (Å²) in [7, 11) is -1.98. The summed E-state index contributed by atoms with van der Waals surface area (Å²) in [6, 6.07) is 3.79. The van der Waals surface area contributed by atoms with Gasteiger partial charge in [-0.1, -0.05) is 0 Å². The van der Waals surface area contributed by atoms with Crippen LogP contribution in [0, 0.1) is 6.92 Å². The van der Waals surface area contributed by atoms with E-state index in [4.69, 9.17) is 9.72 Å². The maximum absolute atomic E-state index is 12.8. The number of sulfonamides is 1. The van der Waals surface area contributed by atoms with Crippen LogP contribution in [0.4, 0.5) is 17.6 Å². The van der Waals surface area contributed by atoms with Crippen LogP contribution in [0.5, 0.6) is 0 Å². The van der Waals surface area contributed by atoms with Gasteiger partial charge in [0.15, 0.2) is 11.5 Å². The van der Waals surface area contributed by atoms with Gasteiger partial charge < -0.3 is 15.0 Å². The number of ether oxygens (including phenoxy) is 1. The number of hydrogen-bond donors (Lipinski definition) is 2. The molecule has 184 valence electrons. The molecule has 0 saturated carbocycles. The van der Waals surface area contributed by atoms with Gasteiger partial charge >= 0.3 is 0 Å². The Morgan fingerprint density at radius 1 is 1.29 bits per heavy atom. The van der Waals surface area contributed by atoms with Gasteiger partial charge in [-0.25, -0.2) is 23.1 Å². The number of hydrogen-bond acceptors (Lipinski definition) is 10. The van der Waals surface area contributed by atoms with Gasteiger partial charge in [-0.15, -0.1) is 0 Å². The fourth-order valence-electron chi connectivity index (χ4n) is 3.10. The predicted octanol–water partition coefficient (Wildman–Crippen LogP) is 1.84. The zero-order chi connectivity index (χ0) is 25.0. The van der Waals surface area contributed by atoms with Crippen LogP contribution in [0.25, 0.3) is 11.0 Å². The minimum absolute atomic E-state index is 0.0590. The Balaban J connectivity index is 2.25. The Labute approximate surface area is 198 Å². The van der Waals surface area contributed by atoms with Crippen molar-refractivity contribution in [1.29, 1.82) is 0 Å². The molecule has 0 radical (unpaired) electrons. The molecule has 3 heterocycles. The number of carbonyl (C=O) groups excluding carboxylic acids is 1. The zero-order valence-corrected chi connectivity index (χ0v) is 21.0. The fraction of sp³-hybridized carbons (Fsp3) is 0.476. The Bertz CT molecular complexity index is 1290. The molecule has 0 aliphatic rings. The molecule has 3 aromatic heterocycles. The first-order chi connectivity index (χ1) is 16.0. The molecule has 3 rings (SSSR count). The molecule has 0 aliphatic heterocycles. The lowest BCUT2D eigenvalue weighted by molar-refractivity contribution is 0.0975. The Kier molecular flexibility index (Phi) is 7.67. The normalized spacial score (nSPS) is 11.7. The van der Waals surface area contributed by atoms with Crippen molar-refractivity contribution in [2.75, 3.05) is 36.7 Å². The SMILES string of the molecule is CCOCCn1nc(C(=O)NS(C)(=O)=O)c2nc(N(C)C(C)C)nc(Nc3cc(C)ccn3)c21. The average molecular weight is 491 g/mol. The number of aromatic nitrogens is 5. The molecule has 1 amide bonds. The maximum atomic E-state index is 12.8. The molecule has 0 atom stereocenters. The summed E-state index contributed by atoms with van der Waals surface area (Å²) < 4.78 is 32.4. The number of carbonyl (C=O) groups is 1. The number of anilines is 3. The van der Waals surface area contributed by atoms with E-state index in [1.54, 1.807) is 10.9 Å². The topological polar surface area (TPSA) is 144 Å². The van der Waals surface area contributed by atoms with E-state index in [0.29, 0.717) is 42.9 Å². The molecule has 34 heavy (non-hydrogen) atoms. The number of pyridine rings is 1. The molecule has 0 aromatic carbocycles. The Morgan fingerprint density at radius 2 is 2.03 bits per heavy atom. The van der Waals surface area contributed by atoms with Crippen molar-refractivity contribution in [3.05, 3.63) is 29.6 Å². The van der Waals surface area contributed by atoms with E-state index < -0.39 is 15.9 Å². The summed E-state index contributed by atoms with van der Waals surface area (Å²) in [5.74, 6) is 0.403. The van der Waals surface area contributed by atoms with Crippen molar-refractivity contribution in [2.24, 2.45) is 0 Å². The largest absolute Gasteiger partial charge is 0.380 e. The second-order valence-electron chi connectivity index (χ2n) is 8.09. The summed E-state index contributed by atoms with van der Waals surface area (Å²) in [4.78, 5) is 28.3. The first-order valence-electron chi connectivity index (χ1n) is 10.8. The number of nitrogens with one attached hydrogen (secondary N) is 2. The average Bonchev–Trinajstić information content (AvgIpc) is 3.11. The van der Waals surface area contributed by atoms with E-state index in [0.717, 1.165) is 11.8 Å².